The van der Waals surface area contributed by atoms with Crippen LogP contribution in [0.1, 0.15) is 38.3 Å². The molecule has 0 amide bonds. The second kappa shape index (κ2) is 5.80. The highest BCUT2D eigenvalue weighted by molar-refractivity contribution is 7.07. The first kappa shape index (κ1) is 12.1. The third-order valence-electron chi connectivity index (χ3n) is 3.63. The van der Waals surface area contributed by atoms with Crippen LogP contribution in [0, 0.1) is 0 Å². The van der Waals surface area contributed by atoms with Gasteiger partial charge >= 0.3 is 0 Å². The molecule has 1 aromatic heterocycles. The van der Waals surface area contributed by atoms with Gasteiger partial charge in [0.05, 0.1) is 0 Å². The van der Waals surface area contributed by atoms with Crippen molar-refractivity contribution in [3.63, 3.8) is 0 Å². The van der Waals surface area contributed by atoms with Crippen molar-refractivity contribution < 1.29 is 0 Å². The van der Waals surface area contributed by atoms with Gasteiger partial charge in [0.15, 0.2) is 0 Å². The van der Waals surface area contributed by atoms with Gasteiger partial charge < -0.3 is 5.32 Å². The minimum absolute atomic E-state index is 0.557. The molecule has 16 heavy (non-hydrogen) atoms. The summed E-state index contributed by atoms with van der Waals surface area (Å²) in [6.45, 7) is 8.10. The third-order valence-corrected chi connectivity index (χ3v) is 4.33. The lowest BCUT2D eigenvalue weighted by atomic mass is 10.0. The zero-order valence-electron chi connectivity index (χ0n) is 10.3. The molecule has 1 saturated heterocycles. The minimum atomic E-state index is 0.557. The average molecular weight is 238 g/mol. The van der Waals surface area contributed by atoms with E-state index in [1.165, 1.54) is 24.9 Å². The van der Waals surface area contributed by atoms with Crippen LogP contribution < -0.4 is 5.32 Å². The van der Waals surface area contributed by atoms with Crippen LogP contribution >= 0.6 is 11.3 Å². The molecule has 0 spiro atoms. The van der Waals surface area contributed by atoms with E-state index in [0.717, 1.165) is 13.1 Å². The lowest BCUT2D eigenvalue weighted by Gasteiger charge is -2.38. The zero-order chi connectivity index (χ0) is 11.4. The summed E-state index contributed by atoms with van der Waals surface area (Å²) in [6.07, 6.45) is 2.66. The molecule has 1 aliphatic rings. The van der Waals surface area contributed by atoms with Crippen molar-refractivity contribution in [2.75, 3.05) is 19.6 Å². The molecule has 0 saturated carbocycles. The van der Waals surface area contributed by atoms with Crippen molar-refractivity contribution in [1.29, 1.82) is 0 Å². The highest BCUT2D eigenvalue weighted by Crippen LogP contribution is 2.26. The molecule has 1 fully saturated rings. The van der Waals surface area contributed by atoms with Gasteiger partial charge in [-0.3, -0.25) is 4.90 Å². The molecular weight excluding hydrogens is 216 g/mol. The molecule has 0 bridgehead atoms. The van der Waals surface area contributed by atoms with Crippen molar-refractivity contribution in [3.05, 3.63) is 22.4 Å². The van der Waals surface area contributed by atoms with E-state index in [1.807, 2.05) is 0 Å². The van der Waals surface area contributed by atoms with Crippen LogP contribution in [-0.4, -0.2) is 30.6 Å². The molecular formula is C13H22N2S. The Balaban J connectivity index is 2.03. The average Bonchev–Trinajstić information content (AvgIpc) is 2.85. The van der Waals surface area contributed by atoms with E-state index in [9.17, 15) is 0 Å². The third kappa shape index (κ3) is 2.65. The Labute approximate surface area is 103 Å². The maximum Gasteiger partial charge on any atom is 0.0331 e. The molecule has 0 aliphatic carbocycles. The maximum absolute atomic E-state index is 3.51. The molecule has 0 radical (unpaired) electrons. The fraction of sp³-hybridized carbons (Fsp3) is 0.692. The topological polar surface area (TPSA) is 15.3 Å². The summed E-state index contributed by atoms with van der Waals surface area (Å²) in [5, 5.41) is 7.97. The largest absolute Gasteiger partial charge is 0.315 e. The lowest BCUT2D eigenvalue weighted by Crippen LogP contribution is -2.46. The number of rotatable bonds is 4. The summed E-state index contributed by atoms with van der Waals surface area (Å²) in [7, 11) is 0. The Morgan fingerprint density at radius 1 is 1.62 bits per heavy atom. The number of nitrogens with one attached hydrogen (secondary N) is 1. The first-order valence-corrected chi connectivity index (χ1v) is 7.25. The van der Waals surface area contributed by atoms with Crippen LogP contribution in [-0.2, 0) is 0 Å². The van der Waals surface area contributed by atoms with Crippen LogP contribution in [0.25, 0.3) is 0 Å². The summed E-state index contributed by atoms with van der Waals surface area (Å²) in [5.74, 6) is 0. The number of piperidine rings is 1. The van der Waals surface area contributed by atoms with Crippen LogP contribution in [0.4, 0.5) is 0 Å². The Bertz CT molecular complexity index is 291. The molecule has 3 heteroatoms. The van der Waals surface area contributed by atoms with Gasteiger partial charge in [0.25, 0.3) is 0 Å². The quantitative estimate of drug-likeness (QED) is 0.867. The fourth-order valence-corrected chi connectivity index (χ4v) is 3.42. The summed E-state index contributed by atoms with van der Waals surface area (Å²) in [4.78, 5) is 2.63. The van der Waals surface area contributed by atoms with Crippen molar-refractivity contribution in [2.24, 2.45) is 0 Å². The Hall–Kier alpha value is -0.380. The molecule has 2 atom stereocenters. The monoisotopic (exact) mass is 238 g/mol. The summed E-state index contributed by atoms with van der Waals surface area (Å²) in [5.41, 5.74) is 1.47. The van der Waals surface area contributed by atoms with Gasteiger partial charge in [-0.15, -0.1) is 0 Å². The van der Waals surface area contributed by atoms with Crippen molar-refractivity contribution in [3.8, 4) is 0 Å². The van der Waals surface area contributed by atoms with E-state index in [-0.39, 0.29) is 0 Å². The predicted octanol–water partition coefficient (Wildman–Crippen LogP) is 2.88. The molecule has 1 aromatic rings. The second-order valence-electron chi connectivity index (χ2n) is 4.56. The summed E-state index contributed by atoms with van der Waals surface area (Å²) >= 11 is 1.80. The smallest absolute Gasteiger partial charge is 0.0331 e. The van der Waals surface area contributed by atoms with Gasteiger partial charge in [0.1, 0.15) is 0 Å². The summed E-state index contributed by atoms with van der Waals surface area (Å²) < 4.78 is 0. The number of hydrogen-bond acceptors (Lipinski definition) is 3. The SMILES string of the molecule is CCN(C1CCCNC1)C(C)c1ccsc1. The van der Waals surface area contributed by atoms with Crippen LogP contribution in [0.15, 0.2) is 16.8 Å². The maximum atomic E-state index is 3.51. The van der Waals surface area contributed by atoms with Crippen molar-refractivity contribution in [1.82, 2.24) is 10.2 Å². The van der Waals surface area contributed by atoms with E-state index < -0.39 is 0 Å². The van der Waals surface area contributed by atoms with Crippen molar-refractivity contribution >= 4 is 11.3 Å². The van der Waals surface area contributed by atoms with Gasteiger partial charge in [-0.05, 0) is 55.2 Å². The van der Waals surface area contributed by atoms with Gasteiger partial charge in [-0.25, -0.2) is 0 Å². The Morgan fingerprint density at radius 2 is 2.50 bits per heavy atom. The molecule has 0 aromatic carbocycles. The first-order valence-electron chi connectivity index (χ1n) is 6.31. The van der Waals surface area contributed by atoms with E-state index in [0.29, 0.717) is 12.1 Å². The highest BCUT2D eigenvalue weighted by atomic mass is 32.1. The first-order chi connectivity index (χ1) is 7.83. The lowest BCUT2D eigenvalue weighted by molar-refractivity contribution is 0.128. The van der Waals surface area contributed by atoms with E-state index in [4.69, 9.17) is 0 Å². The predicted molar refractivity (Wildman–Crippen MR) is 71.0 cm³/mol. The van der Waals surface area contributed by atoms with Gasteiger partial charge in [0.2, 0.25) is 0 Å². The van der Waals surface area contributed by atoms with Gasteiger partial charge in [-0.1, -0.05) is 6.92 Å². The Kier molecular flexibility index (Phi) is 4.38. The van der Waals surface area contributed by atoms with Gasteiger partial charge in [0, 0.05) is 18.6 Å². The molecule has 90 valence electrons. The number of thiophene rings is 1. The Morgan fingerprint density at radius 3 is 3.06 bits per heavy atom. The van der Waals surface area contributed by atoms with Crippen LogP contribution in [0.5, 0.6) is 0 Å². The highest BCUT2D eigenvalue weighted by Gasteiger charge is 2.24. The van der Waals surface area contributed by atoms with Crippen LogP contribution in [0.3, 0.4) is 0 Å². The number of nitrogens with zero attached hydrogens (tertiary/aromatic N) is 1. The number of likely N-dealkylation sites (N-methyl/N-ethyl adjacent to an activating group) is 1. The number of hydrogen-bond donors (Lipinski definition) is 1. The molecule has 2 rings (SSSR count). The molecule has 1 N–H and O–H groups in total. The molecule has 2 unspecified atom stereocenters. The summed E-state index contributed by atoms with van der Waals surface area (Å²) in [6, 6.07) is 3.53. The zero-order valence-corrected chi connectivity index (χ0v) is 11.1. The van der Waals surface area contributed by atoms with Gasteiger partial charge in [-0.2, -0.15) is 11.3 Å². The minimum Gasteiger partial charge on any atom is -0.315 e. The standard InChI is InChI=1S/C13H22N2S/c1-3-15(13-5-4-7-14-9-13)11(2)12-6-8-16-10-12/h6,8,10-11,13-14H,3-5,7,9H2,1-2H3. The normalized spacial score (nSPS) is 23.6. The second-order valence-corrected chi connectivity index (χ2v) is 5.34. The fourth-order valence-electron chi connectivity index (χ4n) is 2.67. The van der Waals surface area contributed by atoms with E-state index >= 15 is 0 Å². The molecule has 2 heterocycles. The molecule has 2 nitrogen and oxygen atoms in total. The van der Waals surface area contributed by atoms with E-state index in [2.05, 4.69) is 40.9 Å². The molecule has 1 aliphatic heterocycles. The van der Waals surface area contributed by atoms with Crippen LogP contribution in [0.2, 0.25) is 0 Å². The van der Waals surface area contributed by atoms with Crippen molar-refractivity contribution in [2.45, 2.75) is 38.8 Å². The van der Waals surface area contributed by atoms with E-state index in [1.54, 1.807) is 11.3 Å².